The van der Waals surface area contributed by atoms with Crippen molar-refractivity contribution in [2.45, 2.75) is 65.2 Å². The second-order valence-electron chi connectivity index (χ2n) is 4.32. The quantitative estimate of drug-likeness (QED) is 0.398. The van der Waals surface area contributed by atoms with Gasteiger partial charge in [-0.2, -0.15) is 0 Å². The number of amidine groups is 1. The highest BCUT2D eigenvalue weighted by Gasteiger charge is 1.95. The van der Waals surface area contributed by atoms with Crippen molar-refractivity contribution in [1.29, 1.82) is 0 Å². The maximum absolute atomic E-state index is 10.1. The Balaban J connectivity index is 0. The van der Waals surface area contributed by atoms with Crippen molar-refractivity contribution >= 4 is 11.8 Å². The summed E-state index contributed by atoms with van der Waals surface area (Å²) in [6.45, 7) is 4.12. The van der Waals surface area contributed by atoms with E-state index < -0.39 is 5.97 Å². The lowest BCUT2D eigenvalue weighted by Crippen LogP contribution is -2.12. The molecule has 4 heteroatoms. The maximum Gasteiger partial charge on any atom is 0.303 e. The molecule has 0 aliphatic rings. The molecule has 0 rings (SSSR count). The van der Waals surface area contributed by atoms with Crippen molar-refractivity contribution in [3.05, 3.63) is 0 Å². The second-order valence-corrected chi connectivity index (χ2v) is 4.32. The van der Waals surface area contributed by atoms with Gasteiger partial charge in [0.15, 0.2) is 0 Å². The molecular formula is C14H30N2O2. The van der Waals surface area contributed by atoms with Crippen LogP contribution in [-0.4, -0.2) is 31.0 Å². The van der Waals surface area contributed by atoms with Crippen molar-refractivity contribution < 1.29 is 9.90 Å². The molecule has 0 aromatic heterocycles. The van der Waals surface area contributed by atoms with Gasteiger partial charge in [-0.3, -0.25) is 9.79 Å². The Morgan fingerprint density at radius 2 is 1.61 bits per heavy atom. The first-order valence-electron chi connectivity index (χ1n) is 6.91. The third-order valence-corrected chi connectivity index (χ3v) is 2.69. The van der Waals surface area contributed by atoms with Gasteiger partial charge in [-0.25, -0.2) is 0 Å². The zero-order valence-corrected chi connectivity index (χ0v) is 12.5. The molecule has 4 nitrogen and oxygen atoms in total. The Bertz CT molecular complexity index is 216. The van der Waals surface area contributed by atoms with E-state index in [9.17, 15) is 4.79 Å². The van der Waals surface area contributed by atoms with Crippen molar-refractivity contribution in [3.8, 4) is 0 Å². The smallest absolute Gasteiger partial charge is 0.303 e. The fourth-order valence-corrected chi connectivity index (χ4v) is 1.35. The minimum Gasteiger partial charge on any atom is -0.481 e. The van der Waals surface area contributed by atoms with Crippen molar-refractivity contribution in [2.24, 2.45) is 4.99 Å². The van der Waals surface area contributed by atoms with E-state index in [1.165, 1.54) is 32.1 Å². The Hall–Kier alpha value is -1.06. The van der Waals surface area contributed by atoms with Crippen LogP contribution in [-0.2, 0) is 4.79 Å². The molecule has 0 atom stereocenters. The summed E-state index contributed by atoms with van der Waals surface area (Å²) in [4.78, 5) is 13.9. The second kappa shape index (κ2) is 15.9. The predicted molar refractivity (Wildman–Crippen MR) is 78.3 cm³/mol. The molecule has 2 N–H and O–H groups in total. The van der Waals surface area contributed by atoms with Crippen LogP contribution in [0.25, 0.3) is 0 Å². The summed E-state index contributed by atoms with van der Waals surface area (Å²) >= 11 is 0. The molecule has 0 aliphatic heterocycles. The number of carbonyl (C=O) groups is 1. The number of hydrogen-bond acceptors (Lipinski definition) is 2. The van der Waals surface area contributed by atoms with E-state index in [2.05, 4.69) is 17.2 Å². The van der Waals surface area contributed by atoms with Gasteiger partial charge >= 0.3 is 5.97 Å². The number of aliphatic imine (C=N–C) groups is 1. The fraction of sp³-hybridized carbons (Fsp3) is 0.857. The van der Waals surface area contributed by atoms with Gasteiger partial charge < -0.3 is 10.4 Å². The molecule has 0 amide bonds. The van der Waals surface area contributed by atoms with Crippen LogP contribution < -0.4 is 5.32 Å². The van der Waals surface area contributed by atoms with Crippen LogP contribution >= 0.6 is 0 Å². The van der Waals surface area contributed by atoms with Gasteiger partial charge in [0.25, 0.3) is 0 Å². The highest BCUT2D eigenvalue weighted by molar-refractivity contribution is 5.78. The molecule has 0 heterocycles. The van der Waals surface area contributed by atoms with Crippen LogP contribution in [0.5, 0.6) is 0 Å². The molecule has 0 unspecified atom stereocenters. The minimum atomic E-state index is -0.663. The SMILES string of the molecule is CCCCCCCCCC(=O)O.CN=C(C)NC. The van der Waals surface area contributed by atoms with Gasteiger partial charge in [0.05, 0.1) is 5.84 Å². The zero-order chi connectivity index (χ0) is 14.2. The molecule has 0 aliphatic carbocycles. The Morgan fingerprint density at radius 3 is 1.94 bits per heavy atom. The summed E-state index contributed by atoms with van der Waals surface area (Å²) in [5.74, 6) is 0.304. The molecule has 0 aromatic carbocycles. The predicted octanol–water partition coefficient (Wildman–Crippen LogP) is 3.47. The molecule has 0 spiro atoms. The van der Waals surface area contributed by atoms with Crippen LogP contribution in [0, 0.1) is 0 Å². The van der Waals surface area contributed by atoms with E-state index >= 15 is 0 Å². The zero-order valence-electron chi connectivity index (χ0n) is 12.5. The standard InChI is InChI=1S/C10H20O2.C4H10N2/c1-2-3-4-5-6-7-8-9-10(11)12;1-4(5-2)6-3/h2-9H2,1H3,(H,11,12);1-3H3,(H,5,6). The molecule has 0 fully saturated rings. The normalized spacial score (nSPS) is 10.6. The number of nitrogens with zero attached hydrogens (tertiary/aromatic N) is 1. The lowest BCUT2D eigenvalue weighted by Gasteiger charge is -1.98. The summed E-state index contributed by atoms with van der Waals surface area (Å²) < 4.78 is 0. The van der Waals surface area contributed by atoms with Crippen LogP contribution in [0.15, 0.2) is 4.99 Å². The molecule has 18 heavy (non-hydrogen) atoms. The Kier molecular flexibility index (Phi) is 17.1. The van der Waals surface area contributed by atoms with Gasteiger partial charge in [0, 0.05) is 20.5 Å². The number of rotatable bonds is 8. The average Bonchev–Trinajstić information content (AvgIpc) is 2.37. The largest absolute Gasteiger partial charge is 0.481 e. The monoisotopic (exact) mass is 258 g/mol. The molecule has 108 valence electrons. The topological polar surface area (TPSA) is 61.7 Å². The highest BCUT2D eigenvalue weighted by atomic mass is 16.4. The van der Waals surface area contributed by atoms with Crippen LogP contribution in [0.1, 0.15) is 65.2 Å². The lowest BCUT2D eigenvalue weighted by atomic mass is 10.1. The van der Waals surface area contributed by atoms with Crippen molar-refractivity contribution in [3.63, 3.8) is 0 Å². The lowest BCUT2D eigenvalue weighted by molar-refractivity contribution is -0.137. The first kappa shape index (κ1) is 19.3. The summed E-state index contributed by atoms with van der Waals surface area (Å²) in [6, 6.07) is 0. The highest BCUT2D eigenvalue weighted by Crippen LogP contribution is 2.07. The number of unbranched alkanes of at least 4 members (excludes halogenated alkanes) is 6. The van der Waals surface area contributed by atoms with Crippen LogP contribution in [0.3, 0.4) is 0 Å². The Morgan fingerprint density at radius 1 is 1.11 bits per heavy atom. The maximum atomic E-state index is 10.1. The van der Waals surface area contributed by atoms with E-state index in [1.807, 2.05) is 14.0 Å². The average molecular weight is 258 g/mol. The summed E-state index contributed by atoms with van der Waals surface area (Å²) in [5, 5.41) is 11.2. The third-order valence-electron chi connectivity index (χ3n) is 2.69. The van der Waals surface area contributed by atoms with E-state index in [4.69, 9.17) is 5.11 Å². The van der Waals surface area contributed by atoms with Crippen molar-refractivity contribution in [1.82, 2.24) is 5.32 Å². The van der Waals surface area contributed by atoms with E-state index in [0.717, 1.165) is 18.7 Å². The first-order chi connectivity index (χ1) is 8.58. The van der Waals surface area contributed by atoms with Crippen molar-refractivity contribution in [2.75, 3.05) is 14.1 Å². The van der Waals surface area contributed by atoms with E-state index in [0.29, 0.717) is 6.42 Å². The van der Waals surface area contributed by atoms with E-state index in [-0.39, 0.29) is 0 Å². The number of hydrogen-bond donors (Lipinski definition) is 2. The molecule has 0 saturated heterocycles. The number of aliphatic carboxylic acids is 1. The first-order valence-corrected chi connectivity index (χ1v) is 6.91. The van der Waals surface area contributed by atoms with Gasteiger partial charge in [-0.1, -0.05) is 45.4 Å². The molecular weight excluding hydrogens is 228 g/mol. The molecule has 0 aromatic rings. The van der Waals surface area contributed by atoms with E-state index in [1.54, 1.807) is 7.05 Å². The summed E-state index contributed by atoms with van der Waals surface area (Å²) in [7, 11) is 3.61. The molecule has 0 radical (unpaired) electrons. The van der Waals surface area contributed by atoms with Gasteiger partial charge in [-0.15, -0.1) is 0 Å². The number of carboxylic acids is 1. The molecule has 0 saturated carbocycles. The number of carboxylic acid groups (broad SMARTS) is 1. The minimum absolute atomic E-state index is 0.341. The van der Waals surface area contributed by atoms with Gasteiger partial charge in [-0.05, 0) is 13.3 Å². The summed E-state index contributed by atoms with van der Waals surface area (Å²) in [5.41, 5.74) is 0. The van der Waals surface area contributed by atoms with Crippen LogP contribution in [0.2, 0.25) is 0 Å². The van der Waals surface area contributed by atoms with Gasteiger partial charge in [0.1, 0.15) is 0 Å². The third kappa shape index (κ3) is 20.4. The number of nitrogens with one attached hydrogen (secondary N) is 1. The summed E-state index contributed by atoms with van der Waals surface area (Å²) in [6.07, 6.45) is 8.64. The van der Waals surface area contributed by atoms with Crippen LogP contribution in [0.4, 0.5) is 0 Å². The van der Waals surface area contributed by atoms with Gasteiger partial charge in [0.2, 0.25) is 0 Å². The Labute approximate surface area is 112 Å². The fourth-order valence-electron chi connectivity index (χ4n) is 1.35. The molecule has 0 bridgehead atoms.